The summed E-state index contributed by atoms with van der Waals surface area (Å²) in [7, 11) is 1.49. The summed E-state index contributed by atoms with van der Waals surface area (Å²) >= 11 is 5.98. The van der Waals surface area contributed by atoms with Crippen molar-refractivity contribution in [2.24, 2.45) is 0 Å². The summed E-state index contributed by atoms with van der Waals surface area (Å²) in [5.41, 5.74) is 1.91. The minimum absolute atomic E-state index is 0.109. The van der Waals surface area contributed by atoms with Gasteiger partial charge in [0.25, 0.3) is 5.91 Å². The number of nitrogens with one attached hydrogen (secondary N) is 1. The number of ketones is 1. The summed E-state index contributed by atoms with van der Waals surface area (Å²) < 4.78 is 5.21. The Bertz CT molecular complexity index is 954. The Hall–Kier alpha value is -3.11. The van der Waals surface area contributed by atoms with Crippen LogP contribution in [0.5, 0.6) is 5.75 Å². The normalized spacial score (nSPS) is 10.2. The van der Waals surface area contributed by atoms with Crippen LogP contribution in [0.15, 0.2) is 72.8 Å². The fraction of sp³-hybridized carbons (Fsp3) is 0.0476. The molecule has 5 heteroatoms. The zero-order valence-electron chi connectivity index (χ0n) is 14.0. The van der Waals surface area contributed by atoms with Crippen molar-refractivity contribution >= 4 is 29.0 Å². The van der Waals surface area contributed by atoms with Crippen molar-refractivity contribution in [1.29, 1.82) is 0 Å². The molecule has 0 aliphatic heterocycles. The Labute approximate surface area is 156 Å². The molecule has 3 rings (SSSR count). The minimum atomic E-state index is -0.367. The Morgan fingerprint density at radius 2 is 1.62 bits per heavy atom. The first kappa shape index (κ1) is 17.7. The number of amides is 1. The smallest absolute Gasteiger partial charge is 0.259 e. The third-order valence-electron chi connectivity index (χ3n) is 3.82. The number of carbonyl (C=O) groups is 2. The van der Waals surface area contributed by atoms with Gasteiger partial charge in [-0.15, -0.1) is 0 Å². The molecule has 0 aliphatic rings. The maximum Gasteiger partial charge on any atom is 0.259 e. The van der Waals surface area contributed by atoms with Crippen molar-refractivity contribution in [3.63, 3.8) is 0 Å². The molecule has 0 saturated heterocycles. The van der Waals surface area contributed by atoms with E-state index in [0.717, 1.165) is 0 Å². The molecule has 0 bridgehead atoms. The monoisotopic (exact) mass is 365 g/mol. The van der Waals surface area contributed by atoms with E-state index < -0.39 is 0 Å². The highest BCUT2D eigenvalue weighted by atomic mass is 35.5. The van der Waals surface area contributed by atoms with Gasteiger partial charge in [0.05, 0.1) is 12.7 Å². The van der Waals surface area contributed by atoms with Crippen molar-refractivity contribution in [2.75, 3.05) is 12.4 Å². The van der Waals surface area contributed by atoms with E-state index in [4.69, 9.17) is 16.3 Å². The molecule has 26 heavy (non-hydrogen) atoms. The van der Waals surface area contributed by atoms with E-state index in [2.05, 4.69) is 5.32 Å². The largest absolute Gasteiger partial charge is 0.496 e. The second-order valence-corrected chi connectivity index (χ2v) is 6.01. The number of ether oxygens (including phenoxy) is 1. The molecule has 1 N–H and O–H groups in total. The molecule has 3 aromatic rings. The number of carbonyl (C=O) groups excluding carboxylic acids is 2. The average Bonchev–Trinajstić information content (AvgIpc) is 2.68. The average molecular weight is 366 g/mol. The lowest BCUT2D eigenvalue weighted by Gasteiger charge is -2.10. The zero-order valence-corrected chi connectivity index (χ0v) is 14.8. The van der Waals surface area contributed by atoms with Crippen LogP contribution in [0.4, 0.5) is 5.69 Å². The molecule has 130 valence electrons. The van der Waals surface area contributed by atoms with Crippen LogP contribution in [0.25, 0.3) is 0 Å². The van der Waals surface area contributed by atoms with E-state index in [1.165, 1.54) is 13.2 Å². The Morgan fingerprint density at radius 3 is 2.35 bits per heavy atom. The maximum atomic E-state index is 12.6. The number of methoxy groups -OCH3 is 1. The van der Waals surface area contributed by atoms with Crippen LogP contribution in [-0.4, -0.2) is 18.8 Å². The van der Waals surface area contributed by atoms with Gasteiger partial charge in [0.15, 0.2) is 5.78 Å². The van der Waals surface area contributed by atoms with Gasteiger partial charge < -0.3 is 10.1 Å². The standard InChI is InChI=1S/C21H16ClNO3/c1-26-19-11-10-16(22)13-18(19)21(25)23-17-9-5-8-15(12-17)20(24)14-6-3-2-4-7-14/h2-13H,1H3,(H,23,25). The summed E-state index contributed by atoms with van der Waals surface area (Å²) in [5.74, 6) is -0.0564. The highest BCUT2D eigenvalue weighted by Gasteiger charge is 2.14. The fourth-order valence-corrected chi connectivity index (χ4v) is 2.72. The molecule has 0 unspecified atom stereocenters. The number of halogens is 1. The fourth-order valence-electron chi connectivity index (χ4n) is 2.55. The molecule has 0 heterocycles. The third kappa shape index (κ3) is 3.92. The molecule has 0 aliphatic carbocycles. The van der Waals surface area contributed by atoms with Gasteiger partial charge in [-0.25, -0.2) is 0 Å². The first-order chi connectivity index (χ1) is 12.6. The summed E-state index contributed by atoms with van der Waals surface area (Å²) in [5, 5.41) is 3.21. The summed E-state index contributed by atoms with van der Waals surface area (Å²) in [6.45, 7) is 0. The quantitative estimate of drug-likeness (QED) is 0.659. The molecule has 1 amide bonds. The van der Waals surface area contributed by atoms with Crippen molar-refractivity contribution in [2.45, 2.75) is 0 Å². The molecular formula is C21H16ClNO3. The second-order valence-electron chi connectivity index (χ2n) is 5.57. The van der Waals surface area contributed by atoms with Gasteiger partial charge in [-0.2, -0.15) is 0 Å². The highest BCUT2D eigenvalue weighted by molar-refractivity contribution is 6.31. The molecule has 0 fully saturated rings. The van der Waals surface area contributed by atoms with Gasteiger partial charge in [-0.3, -0.25) is 9.59 Å². The van der Waals surface area contributed by atoms with Crippen molar-refractivity contribution < 1.29 is 14.3 Å². The lowest BCUT2D eigenvalue weighted by Crippen LogP contribution is -2.13. The number of hydrogen-bond donors (Lipinski definition) is 1. The molecule has 0 atom stereocenters. The lowest BCUT2D eigenvalue weighted by molar-refractivity contribution is 0.101. The van der Waals surface area contributed by atoms with E-state index >= 15 is 0 Å². The summed E-state index contributed by atoms with van der Waals surface area (Å²) in [4.78, 5) is 25.1. The van der Waals surface area contributed by atoms with Crippen LogP contribution in [0, 0.1) is 0 Å². The predicted molar refractivity (Wildman–Crippen MR) is 102 cm³/mol. The Balaban J connectivity index is 1.84. The lowest BCUT2D eigenvalue weighted by atomic mass is 10.0. The van der Waals surface area contributed by atoms with Crippen LogP contribution < -0.4 is 10.1 Å². The van der Waals surface area contributed by atoms with E-state index in [1.807, 2.05) is 18.2 Å². The number of hydrogen-bond acceptors (Lipinski definition) is 3. The molecular weight excluding hydrogens is 350 g/mol. The van der Waals surface area contributed by atoms with E-state index in [9.17, 15) is 9.59 Å². The summed E-state index contributed by atoms with van der Waals surface area (Å²) in [6, 6.07) is 20.6. The zero-order chi connectivity index (χ0) is 18.5. The molecule has 0 spiro atoms. The van der Waals surface area contributed by atoms with Crippen LogP contribution in [0.3, 0.4) is 0 Å². The first-order valence-electron chi connectivity index (χ1n) is 7.93. The van der Waals surface area contributed by atoms with Gasteiger partial charge in [-0.05, 0) is 30.3 Å². The minimum Gasteiger partial charge on any atom is -0.496 e. The summed E-state index contributed by atoms with van der Waals surface area (Å²) in [6.07, 6.45) is 0. The SMILES string of the molecule is COc1ccc(Cl)cc1C(=O)Nc1cccc(C(=O)c2ccccc2)c1. The van der Waals surface area contributed by atoms with Crippen molar-refractivity contribution in [3.8, 4) is 5.75 Å². The molecule has 3 aromatic carbocycles. The second kappa shape index (κ2) is 7.85. The molecule has 4 nitrogen and oxygen atoms in total. The van der Waals surface area contributed by atoms with Gasteiger partial charge in [0.1, 0.15) is 5.75 Å². The van der Waals surface area contributed by atoms with E-state index in [0.29, 0.717) is 33.1 Å². The van der Waals surface area contributed by atoms with Crippen LogP contribution in [0.1, 0.15) is 26.3 Å². The number of rotatable bonds is 5. The van der Waals surface area contributed by atoms with Crippen LogP contribution in [0.2, 0.25) is 5.02 Å². The van der Waals surface area contributed by atoms with Crippen molar-refractivity contribution in [3.05, 3.63) is 94.5 Å². The van der Waals surface area contributed by atoms with Gasteiger partial charge >= 0.3 is 0 Å². The van der Waals surface area contributed by atoms with Gasteiger partial charge in [0.2, 0.25) is 0 Å². The first-order valence-corrected chi connectivity index (χ1v) is 8.31. The Morgan fingerprint density at radius 1 is 0.885 bits per heavy atom. The van der Waals surface area contributed by atoms with Crippen LogP contribution >= 0.6 is 11.6 Å². The van der Waals surface area contributed by atoms with E-state index in [1.54, 1.807) is 48.5 Å². The van der Waals surface area contributed by atoms with Crippen molar-refractivity contribution in [1.82, 2.24) is 0 Å². The topological polar surface area (TPSA) is 55.4 Å². The predicted octanol–water partition coefficient (Wildman–Crippen LogP) is 4.83. The van der Waals surface area contributed by atoms with Gasteiger partial charge in [0, 0.05) is 21.8 Å². The number of benzene rings is 3. The Kier molecular flexibility index (Phi) is 5.34. The highest BCUT2D eigenvalue weighted by Crippen LogP contribution is 2.24. The number of anilines is 1. The molecule has 0 saturated carbocycles. The van der Waals surface area contributed by atoms with Gasteiger partial charge in [-0.1, -0.05) is 54.1 Å². The maximum absolute atomic E-state index is 12.6. The van der Waals surface area contributed by atoms with Crippen LogP contribution in [-0.2, 0) is 0 Å². The molecule has 0 radical (unpaired) electrons. The molecule has 0 aromatic heterocycles. The van der Waals surface area contributed by atoms with E-state index in [-0.39, 0.29) is 11.7 Å². The third-order valence-corrected chi connectivity index (χ3v) is 4.06.